The number of rotatable bonds is 6. The number of aliphatic hydroxyl groups excluding tert-OH is 1. The van der Waals surface area contributed by atoms with E-state index in [4.69, 9.17) is 9.47 Å². The summed E-state index contributed by atoms with van der Waals surface area (Å²) in [6, 6.07) is 0. The van der Waals surface area contributed by atoms with Gasteiger partial charge in [0.15, 0.2) is 5.78 Å². The van der Waals surface area contributed by atoms with Gasteiger partial charge in [-0.25, -0.2) is 0 Å². The maximum Gasteiger partial charge on any atom is 0.311 e. The van der Waals surface area contributed by atoms with Gasteiger partial charge in [0.2, 0.25) is 0 Å². The lowest BCUT2D eigenvalue weighted by atomic mass is 9.65. The fourth-order valence-electron chi connectivity index (χ4n) is 4.70. The molecule has 2 aliphatic carbocycles. The van der Waals surface area contributed by atoms with Crippen LogP contribution in [-0.4, -0.2) is 41.1 Å². The van der Waals surface area contributed by atoms with Gasteiger partial charge in [-0.2, -0.15) is 0 Å². The first kappa shape index (κ1) is 22.7. The molecule has 1 N–H and O–H groups in total. The van der Waals surface area contributed by atoms with E-state index < -0.39 is 11.5 Å². The van der Waals surface area contributed by atoms with Crippen LogP contribution in [0.3, 0.4) is 0 Å². The maximum atomic E-state index is 12.8. The van der Waals surface area contributed by atoms with E-state index in [-0.39, 0.29) is 54.1 Å². The van der Waals surface area contributed by atoms with Crippen LogP contribution < -0.4 is 0 Å². The number of cyclic esters (lactones) is 1. The lowest BCUT2D eigenvalue weighted by molar-refractivity contribution is -0.165. The highest BCUT2D eigenvalue weighted by atomic mass is 16.6. The molecule has 1 saturated heterocycles. The van der Waals surface area contributed by atoms with Gasteiger partial charge in [-0.15, -0.1) is 0 Å². The van der Waals surface area contributed by atoms with E-state index in [1.165, 1.54) is 0 Å². The second kappa shape index (κ2) is 9.04. The molecule has 6 nitrogen and oxygen atoms in total. The second-order valence-electron chi connectivity index (χ2n) is 9.63. The quantitative estimate of drug-likeness (QED) is 0.664. The van der Waals surface area contributed by atoms with Crippen LogP contribution in [0.15, 0.2) is 23.8 Å². The third kappa shape index (κ3) is 4.85. The summed E-state index contributed by atoms with van der Waals surface area (Å²) in [4.78, 5) is 37.0. The summed E-state index contributed by atoms with van der Waals surface area (Å²) in [7, 11) is 0. The first-order chi connectivity index (χ1) is 14.1. The molecule has 3 rings (SSSR count). The van der Waals surface area contributed by atoms with Gasteiger partial charge in [-0.3, -0.25) is 14.4 Å². The van der Waals surface area contributed by atoms with Crippen molar-refractivity contribution in [1.82, 2.24) is 0 Å². The zero-order valence-electron chi connectivity index (χ0n) is 18.4. The van der Waals surface area contributed by atoms with Crippen LogP contribution in [0.2, 0.25) is 0 Å². The van der Waals surface area contributed by atoms with E-state index in [1.807, 2.05) is 39.8 Å². The summed E-state index contributed by atoms with van der Waals surface area (Å²) >= 11 is 0. The van der Waals surface area contributed by atoms with Crippen molar-refractivity contribution in [3.05, 3.63) is 23.8 Å². The monoisotopic (exact) mass is 418 g/mol. The van der Waals surface area contributed by atoms with Crippen molar-refractivity contribution < 1.29 is 29.0 Å². The summed E-state index contributed by atoms with van der Waals surface area (Å²) in [6.45, 7) is 7.67. The molecule has 0 unspecified atom stereocenters. The van der Waals surface area contributed by atoms with E-state index >= 15 is 0 Å². The molecule has 0 spiro atoms. The van der Waals surface area contributed by atoms with Crippen molar-refractivity contribution in [3.63, 3.8) is 0 Å². The van der Waals surface area contributed by atoms with E-state index in [0.29, 0.717) is 32.1 Å². The van der Waals surface area contributed by atoms with Crippen molar-refractivity contribution in [2.75, 3.05) is 0 Å². The zero-order chi connectivity index (χ0) is 22.1. The predicted molar refractivity (Wildman–Crippen MR) is 111 cm³/mol. The van der Waals surface area contributed by atoms with Crippen LogP contribution in [0.5, 0.6) is 0 Å². The first-order valence-corrected chi connectivity index (χ1v) is 11.1. The van der Waals surface area contributed by atoms with Crippen LogP contribution in [0, 0.1) is 23.2 Å². The number of ether oxygens (including phenoxy) is 2. The van der Waals surface area contributed by atoms with Gasteiger partial charge in [0.25, 0.3) is 0 Å². The van der Waals surface area contributed by atoms with Crippen LogP contribution in [0.25, 0.3) is 0 Å². The van der Waals surface area contributed by atoms with Gasteiger partial charge in [-0.05, 0) is 50.7 Å². The summed E-state index contributed by atoms with van der Waals surface area (Å²) in [6.07, 6.45) is 7.36. The Balaban J connectivity index is 1.77. The number of allylic oxidation sites excluding steroid dienone is 2. The molecule has 0 saturated carbocycles. The van der Waals surface area contributed by atoms with E-state index in [9.17, 15) is 19.5 Å². The molecule has 6 heteroatoms. The number of esters is 2. The van der Waals surface area contributed by atoms with E-state index in [1.54, 1.807) is 6.08 Å². The average molecular weight is 419 g/mol. The van der Waals surface area contributed by atoms with Crippen LogP contribution in [-0.2, 0) is 23.9 Å². The Morgan fingerprint density at radius 2 is 2.03 bits per heavy atom. The van der Waals surface area contributed by atoms with Crippen LogP contribution >= 0.6 is 0 Å². The number of carbonyl (C=O) groups is 3. The summed E-state index contributed by atoms with van der Waals surface area (Å²) in [5.41, 5.74) is 0.366. The van der Waals surface area contributed by atoms with Crippen molar-refractivity contribution in [2.45, 2.75) is 84.5 Å². The van der Waals surface area contributed by atoms with Gasteiger partial charge in [0.1, 0.15) is 12.2 Å². The summed E-state index contributed by atoms with van der Waals surface area (Å²) in [5, 5.41) is 9.88. The molecule has 3 aliphatic rings. The molecular weight excluding hydrogens is 384 g/mol. The van der Waals surface area contributed by atoms with Crippen molar-refractivity contribution >= 4 is 17.7 Å². The highest BCUT2D eigenvalue weighted by Gasteiger charge is 2.44. The molecule has 166 valence electrons. The number of hydrogen-bond acceptors (Lipinski definition) is 6. The molecule has 30 heavy (non-hydrogen) atoms. The number of ketones is 1. The van der Waals surface area contributed by atoms with Gasteiger partial charge >= 0.3 is 11.9 Å². The van der Waals surface area contributed by atoms with Gasteiger partial charge in [0.05, 0.1) is 17.9 Å². The van der Waals surface area contributed by atoms with Gasteiger partial charge < -0.3 is 14.6 Å². The van der Waals surface area contributed by atoms with Crippen molar-refractivity contribution in [1.29, 1.82) is 0 Å². The summed E-state index contributed by atoms with van der Waals surface area (Å²) in [5.74, 6) is -0.767. The number of hydrogen-bond donors (Lipinski definition) is 1. The molecule has 1 heterocycles. The minimum Gasteiger partial charge on any atom is -0.462 e. The minimum atomic E-state index is -0.667. The Labute approximate surface area is 178 Å². The van der Waals surface area contributed by atoms with Gasteiger partial charge in [-0.1, -0.05) is 26.0 Å². The minimum absolute atomic E-state index is 0.0113. The van der Waals surface area contributed by atoms with Crippen LogP contribution in [0.1, 0.15) is 66.2 Å². The Hall–Kier alpha value is -1.95. The Kier molecular flexibility index (Phi) is 6.85. The van der Waals surface area contributed by atoms with Crippen molar-refractivity contribution in [2.24, 2.45) is 23.2 Å². The molecule has 0 radical (unpaired) electrons. The summed E-state index contributed by atoms with van der Waals surface area (Å²) < 4.78 is 11.4. The average Bonchev–Trinajstić information content (AvgIpc) is 2.67. The second-order valence-corrected chi connectivity index (χ2v) is 9.63. The molecule has 6 atom stereocenters. The highest BCUT2D eigenvalue weighted by Crippen LogP contribution is 2.44. The number of aliphatic hydroxyl groups is 1. The molecule has 0 aromatic heterocycles. The molecule has 0 amide bonds. The molecule has 1 aliphatic heterocycles. The fourth-order valence-corrected chi connectivity index (χ4v) is 4.70. The third-order valence-corrected chi connectivity index (χ3v) is 7.08. The SMILES string of the molecule is CCC(C)(C)C(=O)O[C@H]1CC=CC2=CC(=O)[C@@H](C)[C@@H](CC[C@@H]3C[C@@H](O)CC(=O)O3)[C@H]21. The van der Waals surface area contributed by atoms with Crippen molar-refractivity contribution in [3.8, 4) is 0 Å². The topological polar surface area (TPSA) is 89.9 Å². The molecule has 0 aromatic rings. The van der Waals surface area contributed by atoms with Gasteiger partial charge in [0, 0.05) is 24.7 Å². The normalized spacial score (nSPS) is 34.1. The fraction of sp³-hybridized carbons (Fsp3) is 0.708. The molecule has 1 fully saturated rings. The van der Waals surface area contributed by atoms with Crippen LogP contribution in [0.4, 0.5) is 0 Å². The number of carbonyl (C=O) groups excluding carboxylic acids is 3. The van der Waals surface area contributed by atoms with E-state index in [2.05, 4.69) is 0 Å². The maximum absolute atomic E-state index is 12.8. The highest BCUT2D eigenvalue weighted by molar-refractivity contribution is 5.94. The molecular formula is C24H34O6. The Bertz CT molecular complexity index is 749. The lowest BCUT2D eigenvalue weighted by Crippen LogP contribution is -2.44. The first-order valence-electron chi connectivity index (χ1n) is 11.1. The Morgan fingerprint density at radius 1 is 1.30 bits per heavy atom. The smallest absolute Gasteiger partial charge is 0.311 e. The lowest BCUT2D eigenvalue weighted by Gasteiger charge is -2.42. The molecule has 0 aromatic carbocycles. The number of fused-ring (bicyclic) bond motifs is 1. The van der Waals surface area contributed by atoms with E-state index in [0.717, 1.165) is 5.57 Å². The standard InChI is InChI=1S/C24H34O6/c1-5-24(3,4)23(28)30-20-8-6-7-15-11-19(26)14(2)18(22(15)20)10-9-17-12-16(25)13-21(27)29-17/h6-7,11,14,16-18,20,22,25H,5,8-10,12-13H2,1-4H3/t14-,16+,17+,18+,20-,22-/m0/s1. The molecule has 0 bridgehead atoms. The zero-order valence-corrected chi connectivity index (χ0v) is 18.4. The predicted octanol–water partition coefficient (Wildman–Crippen LogP) is 3.52. The third-order valence-electron chi connectivity index (χ3n) is 7.08. The Morgan fingerprint density at radius 3 is 2.70 bits per heavy atom. The largest absolute Gasteiger partial charge is 0.462 e.